The number of hydrogen-bond acceptors (Lipinski definition) is 24. The molecule has 5 rings (SSSR count). The molecule has 0 atom stereocenters. The molecule has 1 aliphatic rings. The van der Waals surface area contributed by atoms with Crippen LogP contribution < -0.4 is 37.9 Å². The van der Waals surface area contributed by atoms with Crippen molar-refractivity contribution >= 4 is 228 Å². The van der Waals surface area contributed by atoms with E-state index in [0.29, 0.717) is 122 Å². The first-order valence-corrected chi connectivity index (χ1v) is 62.7. The fourth-order valence-electron chi connectivity index (χ4n) is 12.2. The standard InChI is InChI=1S/C64H88Cl16O24P8/c1-5-9-13-17-45-49-37-51(59(91-23-31-99-107(69,70)83)41-57(49)89-21-29-97-105(65,66)81)46(18-14-10-6-2)53-39-55(63(95-27-35-103-111(77,78)87)43-61(53)93-25-33-101-109(73,74)85)48(20-16-12-8-4)56-40-54(62(94-26-34-102-110(75,76)86)44-64(56)96-28-36-104-112(79,80)88)47(19-15-11-7-3)52-38-50(45)58(90-22-30-98-106(67,68)82)42-60(52)92-24-32-100-108(71,72)84/h37-48H,5-36H2,1-4H3. The molecule has 0 aromatic heterocycles. The van der Waals surface area contributed by atoms with Gasteiger partial charge in [-0.2, -0.15) is 0 Å². The Morgan fingerprint density at radius 2 is 0.330 bits per heavy atom. The molecule has 0 heterocycles. The quantitative estimate of drug-likeness (QED) is 0.0293. The summed E-state index contributed by atoms with van der Waals surface area (Å²) in [4.78, 5) is 0. The molecule has 0 N–H and O–H groups in total. The van der Waals surface area contributed by atoms with E-state index in [2.05, 4.69) is 0 Å². The predicted molar refractivity (Wildman–Crippen MR) is 456 cm³/mol. The Morgan fingerprint density at radius 3 is 0.438 bits per heavy atom. The first-order valence-electron chi connectivity index (χ1n) is 35.3. The van der Waals surface area contributed by atoms with Crippen molar-refractivity contribution in [1.82, 2.24) is 0 Å². The summed E-state index contributed by atoms with van der Waals surface area (Å²) >= 11 is 95.5. The minimum atomic E-state index is -4.17. The van der Waals surface area contributed by atoms with E-state index in [1.54, 1.807) is 24.3 Å². The summed E-state index contributed by atoms with van der Waals surface area (Å²) in [6.45, 7) is 2.06. The fourth-order valence-corrected chi connectivity index (χ4v) is 17.8. The number of ether oxygens (including phenoxy) is 8. The largest absolute Gasteiger partial charge is 0.491 e. The third-order valence-corrected chi connectivity index (χ3v) is 25.2. The first kappa shape index (κ1) is 104. The summed E-state index contributed by atoms with van der Waals surface area (Å²) in [5.74, 6) is -2.28. The second-order valence-corrected chi connectivity index (χ2v) is 58.9. The molecule has 0 saturated heterocycles. The summed E-state index contributed by atoms with van der Waals surface area (Å²) in [7, 11) is 0. The highest BCUT2D eigenvalue weighted by atomic mass is 35.9. The van der Waals surface area contributed by atoms with Crippen LogP contribution in [-0.4, -0.2) is 106 Å². The molecule has 48 heteroatoms. The Bertz CT molecular complexity index is 3290. The second kappa shape index (κ2) is 51.0. The van der Waals surface area contributed by atoms with Crippen molar-refractivity contribution in [2.45, 2.75) is 154 Å². The van der Waals surface area contributed by atoms with Gasteiger partial charge in [0.1, 0.15) is 98.9 Å². The van der Waals surface area contributed by atoms with Gasteiger partial charge in [-0.1, -0.05) is 105 Å². The molecule has 112 heavy (non-hydrogen) atoms. The van der Waals surface area contributed by atoms with Crippen LogP contribution in [-0.2, 0) is 72.7 Å². The smallest absolute Gasteiger partial charge is 0.380 e. The Balaban J connectivity index is 2.31. The fraction of sp³-hybridized carbons (Fsp3) is 0.625. The average molecular weight is 2060 g/mol. The third kappa shape index (κ3) is 41.3. The molecule has 0 unspecified atom stereocenters. The van der Waals surface area contributed by atoms with Crippen LogP contribution in [0.4, 0.5) is 0 Å². The Labute approximate surface area is 731 Å². The van der Waals surface area contributed by atoms with Gasteiger partial charge < -0.3 is 74.1 Å². The summed E-state index contributed by atoms with van der Waals surface area (Å²) in [5.41, 5.74) is 3.72. The Morgan fingerprint density at radius 1 is 0.205 bits per heavy atom. The lowest BCUT2D eigenvalue weighted by molar-refractivity contribution is 0.212. The van der Waals surface area contributed by atoms with E-state index >= 15 is 0 Å². The normalized spacial score (nSPS) is 16.0. The molecule has 4 aromatic rings. The molecule has 0 spiro atoms. The number of benzene rings is 4. The number of halogens is 16. The van der Waals surface area contributed by atoms with E-state index in [-0.39, 0.29) is 98.9 Å². The van der Waals surface area contributed by atoms with E-state index in [0.717, 1.165) is 25.7 Å². The average Bonchev–Trinajstić information content (AvgIpc) is 0.747. The van der Waals surface area contributed by atoms with E-state index in [4.69, 9.17) is 254 Å². The van der Waals surface area contributed by atoms with Gasteiger partial charge in [-0.15, -0.1) is 0 Å². The van der Waals surface area contributed by atoms with Gasteiger partial charge in [0.15, 0.2) is 0 Å². The molecule has 0 saturated carbocycles. The molecule has 0 amide bonds. The van der Waals surface area contributed by atoms with Crippen molar-refractivity contribution < 1.29 is 111 Å². The van der Waals surface area contributed by atoms with E-state index in [1.165, 1.54) is 0 Å². The highest BCUT2D eigenvalue weighted by Crippen LogP contribution is 2.63. The maximum Gasteiger partial charge on any atom is 0.380 e. The minimum Gasteiger partial charge on any atom is -0.491 e. The molecular weight excluding hydrogens is 1970 g/mol. The molecule has 24 nitrogen and oxygen atoms in total. The van der Waals surface area contributed by atoms with Crippen molar-refractivity contribution in [3.8, 4) is 46.0 Å². The van der Waals surface area contributed by atoms with E-state index < -0.39 is 125 Å². The predicted octanol–water partition coefficient (Wildman–Crippen LogP) is 30.7. The minimum absolute atomic E-state index is 0.144. The van der Waals surface area contributed by atoms with Gasteiger partial charge in [-0.25, -0.2) is 0 Å². The number of unbranched alkanes of at least 4 members (excludes halogenated alkanes) is 8. The zero-order valence-corrected chi connectivity index (χ0v) is 80.2. The van der Waals surface area contributed by atoms with E-state index in [9.17, 15) is 36.5 Å². The lowest BCUT2D eigenvalue weighted by Crippen LogP contribution is -2.18. The monoisotopic (exact) mass is 2050 g/mol. The number of rotatable bonds is 56. The molecule has 8 bridgehead atoms. The van der Waals surface area contributed by atoms with Gasteiger partial charge in [-0.3, -0.25) is 36.5 Å². The number of hydrogen-bond donors (Lipinski definition) is 0. The first-order chi connectivity index (χ1) is 52.4. The lowest BCUT2D eigenvalue weighted by atomic mass is 9.76. The maximum absolute atomic E-state index is 12.8. The topological polar surface area (TPSA) is 284 Å². The summed E-state index contributed by atoms with van der Waals surface area (Å²) in [5, 5.41) is 0. The molecule has 1 aliphatic carbocycles. The van der Waals surface area contributed by atoms with Crippen LogP contribution in [0.2, 0.25) is 0 Å². The van der Waals surface area contributed by atoms with Crippen molar-refractivity contribution in [1.29, 1.82) is 0 Å². The van der Waals surface area contributed by atoms with Gasteiger partial charge in [-0.05, 0) is 230 Å². The van der Waals surface area contributed by atoms with Crippen molar-refractivity contribution in [3.05, 3.63) is 93.0 Å². The van der Waals surface area contributed by atoms with Crippen molar-refractivity contribution in [2.24, 2.45) is 0 Å². The molecule has 0 fully saturated rings. The van der Waals surface area contributed by atoms with Crippen LogP contribution in [0.3, 0.4) is 0 Å². The van der Waals surface area contributed by atoms with Crippen molar-refractivity contribution in [3.63, 3.8) is 0 Å². The van der Waals surface area contributed by atoms with Gasteiger partial charge in [0, 0.05) is 92.4 Å². The van der Waals surface area contributed by atoms with Crippen LogP contribution in [0.5, 0.6) is 46.0 Å². The van der Waals surface area contributed by atoms with E-state index in [1.807, 2.05) is 52.0 Å². The molecule has 0 radical (unpaired) electrons. The van der Waals surface area contributed by atoms with Crippen LogP contribution >= 0.6 is 228 Å². The van der Waals surface area contributed by atoms with Crippen LogP contribution in [0.15, 0.2) is 48.5 Å². The van der Waals surface area contributed by atoms with Gasteiger partial charge in [0.2, 0.25) is 0 Å². The molecular formula is C64H88Cl16O24P8. The van der Waals surface area contributed by atoms with Crippen LogP contribution in [0.1, 0.15) is 199 Å². The number of fused-ring (bicyclic) bond motifs is 8. The highest BCUT2D eigenvalue weighted by Gasteiger charge is 2.37. The molecule has 640 valence electrons. The highest BCUT2D eigenvalue weighted by molar-refractivity contribution is 8.07. The van der Waals surface area contributed by atoms with Crippen LogP contribution in [0.25, 0.3) is 0 Å². The summed E-state index contributed by atoms with van der Waals surface area (Å²) in [6, 6.07) is 14.2. The second-order valence-electron chi connectivity index (χ2n) is 24.7. The summed E-state index contributed by atoms with van der Waals surface area (Å²) in [6.07, 6.45) is -24.4. The van der Waals surface area contributed by atoms with Gasteiger partial charge in [0.25, 0.3) is 0 Å². The third-order valence-electron chi connectivity index (χ3n) is 16.6. The SMILES string of the molecule is CCCCCC1c2cc(c(OCCOP(=O)(Cl)Cl)cc2OCCOP(=O)(Cl)Cl)C(CCCCC)c2cc(c(OCCOP(=O)(Cl)Cl)cc2OCCOP(=O)(Cl)Cl)C(CCCCC)c2cc(c(OCCOP(=O)(Cl)Cl)cc2OCCOP(=O)(Cl)Cl)C(CCCCC)c2cc1c(OCCOP(=O)(Cl)Cl)cc2OCCOP(=O)(Cl)Cl. The molecule has 4 aromatic carbocycles. The Kier molecular flexibility index (Phi) is 47.4. The zero-order chi connectivity index (χ0) is 83.1. The van der Waals surface area contributed by atoms with Gasteiger partial charge in [0.05, 0.1) is 52.9 Å². The van der Waals surface area contributed by atoms with Gasteiger partial charge >= 0.3 is 48.6 Å². The van der Waals surface area contributed by atoms with Crippen molar-refractivity contribution in [2.75, 3.05) is 106 Å². The molecule has 0 aliphatic heterocycles. The zero-order valence-electron chi connectivity index (χ0n) is 61.0. The lowest BCUT2D eigenvalue weighted by Gasteiger charge is -2.32. The summed E-state index contributed by atoms with van der Waals surface area (Å²) < 4.78 is 200. The Hall–Kier alpha value is 1.44. The maximum atomic E-state index is 12.8. The van der Waals surface area contributed by atoms with Crippen LogP contribution in [0, 0.1) is 0 Å².